The fourth-order valence-electron chi connectivity index (χ4n) is 4.26. The number of aryl methyl sites for hydroxylation is 2. The van der Waals surface area contributed by atoms with Gasteiger partial charge in [-0.3, -0.25) is 4.79 Å². The van der Waals surface area contributed by atoms with Gasteiger partial charge in [-0.25, -0.2) is 8.42 Å². The van der Waals surface area contributed by atoms with Gasteiger partial charge in [-0.1, -0.05) is 24.3 Å². The maximum Gasteiger partial charge on any atom is 0.251 e. The van der Waals surface area contributed by atoms with Crippen LogP contribution in [0, 0.1) is 0 Å². The minimum absolute atomic E-state index is 0.145. The normalized spacial score (nSPS) is 18.2. The van der Waals surface area contributed by atoms with Gasteiger partial charge in [-0.2, -0.15) is 4.31 Å². The van der Waals surface area contributed by atoms with Crippen molar-refractivity contribution in [1.82, 2.24) is 9.62 Å². The van der Waals surface area contributed by atoms with E-state index in [1.807, 2.05) is 6.92 Å². The van der Waals surface area contributed by atoms with Crippen molar-refractivity contribution in [1.29, 1.82) is 0 Å². The number of hydrogen-bond donors (Lipinski definition) is 1. The molecule has 1 atom stereocenters. The average molecular weight is 413 g/mol. The highest BCUT2D eigenvalue weighted by molar-refractivity contribution is 7.89. The molecule has 4 rings (SSSR count). The van der Waals surface area contributed by atoms with Gasteiger partial charge in [0.2, 0.25) is 10.0 Å². The Morgan fingerprint density at radius 2 is 1.69 bits per heavy atom. The summed E-state index contributed by atoms with van der Waals surface area (Å²) < 4.78 is 27.1. The molecule has 0 unspecified atom stereocenters. The third-order valence-corrected chi connectivity index (χ3v) is 7.91. The summed E-state index contributed by atoms with van der Waals surface area (Å²) >= 11 is 0. The Bertz CT molecular complexity index is 1010. The second-order valence-corrected chi connectivity index (χ2v) is 10.0. The Morgan fingerprint density at radius 3 is 2.45 bits per heavy atom. The highest BCUT2D eigenvalue weighted by Gasteiger charge is 2.27. The Hall–Kier alpha value is -2.18. The van der Waals surface area contributed by atoms with Crippen molar-refractivity contribution in [3.63, 3.8) is 0 Å². The number of rotatable bonds is 5. The highest BCUT2D eigenvalue weighted by atomic mass is 32.2. The van der Waals surface area contributed by atoms with Crippen LogP contribution < -0.4 is 5.32 Å². The minimum atomic E-state index is -3.53. The summed E-state index contributed by atoms with van der Waals surface area (Å²) in [7, 11) is -3.53. The van der Waals surface area contributed by atoms with Crippen LogP contribution in [-0.4, -0.2) is 31.7 Å². The standard InChI is InChI=1S/C23H28N2O3S/c1-17(19-12-11-18-7-2-3-8-20(18)15-19)24-23(26)21-9-6-10-22(16-21)29(27,28)25-13-4-5-14-25/h6,9-12,15-17H,2-5,7-8,13-14H2,1H3,(H,24,26)/t17-/m0/s1. The second kappa shape index (κ2) is 8.28. The van der Waals surface area contributed by atoms with Crippen molar-refractivity contribution >= 4 is 15.9 Å². The predicted octanol–water partition coefficient (Wildman–Crippen LogP) is 3.84. The summed E-state index contributed by atoms with van der Waals surface area (Å²) in [6.45, 7) is 3.06. The number of benzene rings is 2. The summed E-state index contributed by atoms with van der Waals surface area (Å²) in [5, 5.41) is 3.02. The van der Waals surface area contributed by atoms with Gasteiger partial charge in [0.25, 0.3) is 5.91 Å². The molecular weight excluding hydrogens is 384 g/mol. The van der Waals surface area contributed by atoms with Crippen molar-refractivity contribution < 1.29 is 13.2 Å². The molecule has 1 N–H and O–H groups in total. The maximum absolute atomic E-state index is 12.8. The van der Waals surface area contributed by atoms with E-state index in [1.165, 1.54) is 34.3 Å². The molecule has 0 saturated carbocycles. The van der Waals surface area contributed by atoms with Gasteiger partial charge in [0, 0.05) is 18.7 Å². The molecule has 5 nitrogen and oxygen atoms in total. The van der Waals surface area contributed by atoms with Gasteiger partial charge < -0.3 is 5.32 Å². The lowest BCUT2D eigenvalue weighted by atomic mass is 9.89. The summed E-state index contributed by atoms with van der Waals surface area (Å²) in [4.78, 5) is 13.0. The fourth-order valence-corrected chi connectivity index (χ4v) is 5.82. The Balaban J connectivity index is 1.50. The molecule has 29 heavy (non-hydrogen) atoms. The number of hydrogen-bond acceptors (Lipinski definition) is 3. The Morgan fingerprint density at radius 1 is 0.966 bits per heavy atom. The Labute approximate surface area is 173 Å². The Kier molecular flexibility index (Phi) is 5.74. The first-order chi connectivity index (χ1) is 13.9. The van der Waals surface area contributed by atoms with E-state index < -0.39 is 10.0 Å². The van der Waals surface area contributed by atoms with Gasteiger partial charge >= 0.3 is 0 Å². The topological polar surface area (TPSA) is 66.5 Å². The van der Waals surface area contributed by atoms with Crippen LogP contribution in [-0.2, 0) is 22.9 Å². The van der Waals surface area contributed by atoms with Crippen LogP contribution in [0.5, 0.6) is 0 Å². The lowest BCUT2D eigenvalue weighted by Gasteiger charge is -2.20. The molecule has 2 aliphatic rings. The molecule has 1 saturated heterocycles. The number of sulfonamides is 1. The van der Waals surface area contributed by atoms with E-state index in [0.717, 1.165) is 31.2 Å². The number of amides is 1. The molecule has 1 aliphatic carbocycles. The first-order valence-corrected chi connectivity index (χ1v) is 11.9. The molecule has 0 aromatic heterocycles. The largest absolute Gasteiger partial charge is 0.346 e. The number of carbonyl (C=O) groups excluding carboxylic acids is 1. The van der Waals surface area contributed by atoms with Crippen LogP contribution in [0.15, 0.2) is 47.4 Å². The molecular formula is C23H28N2O3S. The van der Waals surface area contributed by atoms with Crippen LogP contribution in [0.1, 0.15) is 65.7 Å². The summed E-state index contributed by atoms with van der Waals surface area (Å²) in [5.41, 5.74) is 4.25. The molecule has 154 valence electrons. The molecule has 1 fully saturated rings. The number of nitrogens with one attached hydrogen (secondary N) is 1. The molecule has 1 aliphatic heterocycles. The van der Waals surface area contributed by atoms with Crippen molar-refractivity contribution in [3.05, 3.63) is 64.7 Å². The van der Waals surface area contributed by atoms with Crippen LogP contribution in [0.2, 0.25) is 0 Å². The zero-order chi connectivity index (χ0) is 20.4. The van der Waals surface area contributed by atoms with Crippen molar-refractivity contribution in [2.24, 2.45) is 0 Å². The summed E-state index contributed by atoms with van der Waals surface area (Å²) in [5.74, 6) is -0.256. The SMILES string of the molecule is C[C@H](NC(=O)c1cccc(S(=O)(=O)N2CCCC2)c1)c1ccc2c(c1)CCCC2. The number of fused-ring (bicyclic) bond motifs is 1. The third-order valence-electron chi connectivity index (χ3n) is 6.02. The quantitative estimate of drug-likeness (QED) is 0.811. The molecule has 2 aromatic carbocycles. The maximum atomic E-state index is 12.8. The zero-order valence-corrected chi connectivity index (χ0v) is 17.7. The van der Waals surface area contributed by atoms with Crippen molar-refractivity contribution in [3.8, 4) is 0 Å². The summed E-state index contributed by atoms with van der Waals surface area (Å²) in [6.07, 6.45) is 6.47. The lowest BCUT2D eigenvalue weighted by Crippen LogP contribution is -2.29. The van der Waals surface area contributed by atoms with Gasteiger partial charge in [-0.15, -0.1) is 0 Å². The van der Waals surface area contributed by atoms with E-state index in [0.29, 0.717) is 18.7 Å². The van der Waals surface area contributed by atoms with Gasteiger partial charge in [0.1, 0.15) is 0 Å². The lowest BCUT2D eigenvalue weighted by molar-refractivity contribution is 0.0939. The zero-order valence-electron chi connectivity index (χ0n) is 16.9. The van der Waals surface area contributed by atoms with Crippen molar-refractivity contribution in [2.45, 2.75) is 56.4 Å². The number of carbonyl (C=O) groups is 1. The van der Waals surface area contributed by atoms with Gasteiger partial charge in [-0.05, 0) is 80.3 Å². The van der Waals surface area contributed by atoms with Crippen LogP contribution in [0.4, 0.5) is 0 Å². The van der Waals surface area contributed by atoms with E-state index in [9.17, 15) is 13.2 Å². The molecule has 1 amide bonds. The monoisotopic (exact) mass is 412 g/mol. The van der Waals surface area contributed by atoms with Gasteiger partial charge in [0.15, 0.2) is 0 Å². The number of nitrogens with zero attached hydrogens (tertiary/aromatic N) is 1. The van der Waals surface area contributed by atoms with Gasteiger partial charge in [0.05, 0.1) is 10.9 Å². The van der Waals surface area contributed by atoms with Crippen LogP contribution in [0.25, 0.3) is 0 Å². The molecule has 2 aromatic rings. The fraction of sp³-hybridized carbons (Fsp3) is 0.435. The molecule has 6 heteroatoms. The second-order valence-electron chi connectivity index (χ2n) is 8.07. The van der Waals surface area contributed by atoms with Crippen molar-refractivity contribution in [2.75, 3.05) is 13.1 Å². The van der Waals surface area contributed by atoms with E-state index >= 15 is 0 Å². The predicted molar refractivity (Wildman–Crippen MR) is 113 cm³/mol. The van der Waals surface area contributed by atoms with Crippen LogP contribution in [0.3, 0.4) is 0 Å². The van der Waals surface area contributed by atoms with E-state index in [2.05, 4.69) is 23.5 Å². The molecule has 0 bridgehead atoms. The first kappa shape index (κ1) is 20.1. The third kappa shape index (κ3) is 4.23. The van der Waals surface area contributed by atoms with E-state index in [4.69, 9.17) is 0 Å². The first-order valence-electron chi connectivity index (χ1n) is 10.5. The smallest absolute Gasteiger partial charge is 0.251 e. The average Bonchev–Trinajstić information content (AvgIpc) is 3.29. The summed E-state index contributed by atoms with van der Waals surface area (Å²) in [6, 6.07) is 12.7. The highest BCUT2D eigenvalue weighted by Crippen LogP contribution is 2.25. The van der Waals surface area contributed by atoms with E-state index in [1.54, 1.807) is 18.2 Å². The van der Waals surface area contributed by atoms with E-state index in [-0.39, 0.29) is 16.8 Å². The molecule has 1 heterocycles. The molecule has 0 spiro atoms. The molecule has 0 radical (unpaired) electrons. The minimum Gasteiger partial charge on any atom is -0.346 e. The van der Waals surface area contributed by atoms with Crippen LogP contribution >= 0.6 is 0 Å².